The topological polar surface area (TPSA) is 35.2 Å². The number of hydrogen-bond acceptors (Lipinski definition) is 2. The molecule has 0 spiro atoms. The Morgan fingerprint density at radius 2 is 1.65 bits per heavy atom. The summed E-state index contributed by atoms with van der Waals surface area (Å²) in [4.78, 5) is 0. The van der Waals surface area contributed by atoms with Gasteiger partial charge in [-0.3, -0.25) is 0 Å². The maximum Gasteiger partial charge on any atom is 0.167 e. The molecule has 0 heterocycles. The summed E-state index contributed by atoms with van der Waals surface area (Å²) in [6.45, 7) is 7.76. The van der Waals surface area contributed by atoms with Gasteiger partial charge in [0, 0.05) is 11.6 Å². The van der Waals surface area contributed by atoms with Crippen LogP contribution < -0.4 is 10.5 Å². The van der Waals surface area contributed by atoms with E-state index >= 15 is 0 Å². The van der Waals surface area contributed by atoms with E-state index in [2.05, 4.69) is 0 Å². The van der Waals surface area contributed by atoms with Crippen LogP contribution in [0.25, 0.3) is 0 Å². The second-order valence-electron chi connectivity index (χ2n) is 5.20. The van der Waals surface area contributed by atoms with E-state index in [1.165, 1.54) is 6.07 Å². The lowest BCUT2D eigenvalue weighted by molar-refractivity contribution is 0.427. The Bertz CT molecular complexity index is 635. The lowest BCUT2D eigenvalue weighted by Crippen LogP contribution is -2.08. The first kappa shape index (κ1) is 14.5. The normalized spacial score (nSPS) is 12.3. The van der Waals surface area contributed by atoms with Crippen molar-refractivity contribution in [1.82, 2.24) is 0 Å². The SMILES string of the molecule is Cc1ccc(C)c(Oc2c(F)cccc2[C@@H](C)N)c1C. The summed E-state index contributed by atoms with van der Waals surface area (Å²) in [5, 5.41) is 0. The van der Waals surface area contributed by atoms with Crippen molar-refractivity contribution < 1.29 is 9.13 Å². The van der Waals surface area contributed by atoms with Crippen LogP contribution in [0.2, 0.25) is 0 Å². The molecular formula is C17H20FNO. The third kappa shape index (κ3) is 2.68. The number of rotatable bonds is 3. The van der Waals surface area contributed by atoms with Gasteiger partial charge in [0.05, 0.1) is 0 Å². The van der Waals surface area contributed by atoms with E-state index < -0.39 is 0 Å². The van der Waals surface area contributed by atoms with Crippen LogP contribution in [0.4, 0.5) is 4.39 Å². The molecule has 0 aliphatic rings. The Hall–Kier alpha value is -1.87. The zero-order valence-corrected chi connectivity index (χ0v) is 12.3. The lowest BCUT2D eigenvalue weighted by Gasteiger charge is -2.18. The van der Waals surface area contributed by atoms with Gasteiger partial charge < -0.3 is 10.5 Å². The van der Waals surface area contributed by atoms with E-state index in [0.717, 1.165) is 16.7 Å². The molecule has 0 amide bonds. The predicted octanol–water partition coefficient (Wildman–Crippen LogP) is 4.56. The Balaban J connectivity index is 2.53. The van der Waals surface area contributed by atoms with E-state index in [-0.39, 0.29) is 17.6 Å². The molecule has 2 aromatic carbocycles. The fourth-order valence-corrected chi connectivity index (χ4v) is 2.18. The van der Waals surface area contributed by atoms with Crippen molar-refractivity contribution in [3.05, 3.63) is 58.4 Å². The fourth-order valence-electron chi connectivity index (χ4n) is 2.18. The predicted molar refractivity (Wildman–Crippen MR) is 79.7 cm³/mol. The van der Waals surface area contributed by atoms with Crippen molar-refractivity contribution in [2.45, 2.75) is 33.7 Å². The maximum atomic E-state index is 14.1. The number of aryl methyl sites for hydroxylation is 2. The van der Waals surface area contributed by atoms with Crippen LogP contribution in [0.3, 0.4) is 0 Å². The number of ether oxygens (including phenoxy) is 1. The highest BCUT2D eigenvalue weighted by molar-refractivity contribution is 5.49. The van der Waals surface area contributed by atoms with Crippen molar-refractivity contribution in [3.63, 3.8) is 0 Å². The molecule has 0 aromatic heterocycles. The van der Waals surface area contributed by atoms with Gasteiger partial charge in [0.25, 0.3) is 0 Å². The summed E-state index contributed by atoms with van der Waals surface area (Å²) in [5.74, 6) is 0.538. The maximum absolute atomic E-state index is 14.1. The van der Waals surface area contributed by atoms with Crippen LogP contribution in [0.1, 0.15) is 35.2 Å². The molecule has 2 aromatic rings. The summed E-state index contributed by atoms with van der Waals surface area (Å²) in [7, 11) is 0. The Morgan fingerprint density at radius 3 is 2.30 bits per heavy atom. The molecule has 0 saturated carbocycles. The quantitative estimate of drug-likeness (QED) is 0.889. The molecule has 20 heavy (non-hydrogen) atoms. The summed E-state index contributed by atoms with van der Waals surface area (Å²) < 4.78 is 20.0. The molecule has 0 saturated heterocycles. The van der Waals surface area contributed by atoms with Crippen molar-refractivity contribution in [2.75, 3.05) is 0 Å². The second kappa shape index (κ2) is 5.63. The van der Waals surface area contributed by atoms with Crippen LogP contribution in [-0.4, -0.2) is 0 Å². The third-order valence-corrected chi connectivity index (χ3v) is 3.57. The summed E-state index contributed by atoms with van der Waals surface area (Å²) >= 11 is 0. The summed E-state index contributed by atoms with van der Waals surface area (Å²) in [6, 6.07) is 8.56. The molecule has 0 unspecified atom stereocenters. The number of halogens is 1. The zero-order chi connectivity index (χ0) is 14.9. The van der Waals surface area contributed by atoms with E-state index in [4.69, 9.17) is 10.5 Å². The molecule has 0 bridgehead atoms. The molecule has 0 fully saturated rings. The first-order chi connectivity index (χ1) is 9.41. The van der Waals surface area contributed by atoms with Crippen LogP contribution in [0.15, 0.2) is 30.3 Å². The van der Waals surface area contributed by atoms with Gasteiger partial charge in [-0.2, -0.15) is 0 Å². The minimum absolute atomic E-state index is 0.222. The molecule has 2 N–H and O–H groups in total. The Kier molecular flexibility index (Phi) is 4.09. The van der Waals surface area contributed by atoms with Crippen LogP contribution in [-0.2, 0) is 0 Å². The minimum Gasteiger partial charge on any atom is -0.453 e. The van der Waals surface area contributed by atoms with Crippen molar-refractivity contribution in [3.8, 4) is 11.5 Å². The fraction of sp³-hybridized carbons (Fsp3) is 0.294. The molecule has 106 valence electrons. The molecule has 2 rings (SSSR count). The number of para-hydroxylation sites is 1. The average Bonchev–Trinajstić information content (AvgIpc) is 2.40. The average molecular weight is 273 g/mol. The molecule has 0 aliphatic heterocycles. The molecule has 0 radical (unpaired) electrons. The first-order valence-electron chi connectivity index (χ1n) is 6.70. The highest BCUT2D eigenvalue weighted by atomic mass is 19.1. The van der Waals surface area contributed by atoms with E-state index in [0.29, 0.717) is 11.3 Å². The zero-order valence-electron chi connectivity index (χ0n) is 12.3. The lowest BCUT2D eigenvalue weighted by atomic mass is 10.0. The summed E-state index contributed by atoms with van der Waals surface area (Å²) in [5.41, 5.74) is 9.68. The Labute approximate surface area is 119 Å². The van der Waals surface area contributed by atoms with Crippen molar-refractivity contribution in [1.29, 1.82) is 0 Å². The highest BCUT2D eigenvalue weighted by Gasteiger charge is 2.16. The first-order valence-corrected chi connectivity index (χ1v) is 6.70. The molecule has 1 atom stereocenters. The van der Waals surface area contributed by atoms with Gasteiger partial charge in [0.1, 0.15) is 5.75 Å². The largest absolute Gasteiger partial charge is 0.453 e. The number of hydrogen-bond donors (Lipinski definition) is 1. The number of benzene rings is 2. The number of nitrogens with two attached hydrogens (primary N) is 1. The highest BCUT2D eigenvalue weighted by Crippen LogP contribution is 2.35. The third-order valence-electron chi connectivity index (χ3n) is 3.57. The smallest absolute Gasteiger partial charge is 0.167 e. The van der Waals surface area contributed by atoms with Gasteiger partial charge in [-0.05, 0) is 50.5 Å². The van der Waals surface area contributed by atoms with Gasteiger partial charge in [-0.25, -0.2) is 4.39 Å². The standard InChI is InChI=1S/C17H20FNO/c1-10-8-9-11(2)16(12(10)3)20-17-14(13(4)19)6-5-7-15(17)18/h5-9,13H,19H2,1-4H3/t13-/m1/s1. The molecule has 3 heteroatoms. The van der Waals surface area contributed by atoms with Gasteiger partial charge in [0.2, 0.25) is 0 Å². The molecule has 0 aliphatic carbocycles. The minimum atomic E-state index is -0.389. The monoisotopic (exact) mass is 273 g/mol. The van der Waals surface area contributed by atoms with Crippen LogP contribution in [0, 0.1) is 26.6 Å². The molecule has 2 nitrogen and oxygen atoms in total. The van der Waals surface area contributed by atoms with E-state index in [9.17, 15) is 4.39 Å². The second-order valence-corrected chi connectivity index (χ2v) is 5.20. The van der Waals surface area contributed by atoms with Crippen LogP contribution in [0.5, 0.6) is 11.5 Å². The van der Waals surface area contributed by atoms with Gasteiger partial charge >= 0.3 is 0 Å². The van der Waals surface area contributed by atoms with E-state index in [1.54, 1.807) is 12.1 Å². The van der Waals surface area contributed by atoms with Crippen molar-refractivity contribution >= 4 is 0 Å². The van der Waals surface area contributed by atoms with Crippen LogP contribution >= 0.6 is 0 Å². The van der Waals surface area contributed by atoms with Crippen molar-refractivity contribution in [2.24, 2.45) is 5.73 Å². The van der Waals surface area contributed by atoms with Gasteiger partial charge in [-0.1, -0.05) is 24.3 Å². The Morgan fingerprint density at radius 1 is 1.00 bits per heavy atom. The molecular weight excluding hydrogens is 253 g/mol. The summed E-state index contributed by atoms with van der Waals surface area (Å²) in [6.07, 6.45) is 0. The van der Waals surface area contributed by atoms with E-state index in [1.807, 2.05) is 39.8 Å². The van der Waals surface area contributed by atoms with Gasteiger partial charge in [0.15, 0.2) is 11.6 Å². The van der Waals surface area contributed by atoms with Gasteiger partial charge in [-0.15, -0.1) is 0 Å².